The van der Waals surface area contributed by atoms with Gasteiger partial charge in [-0.2, -0.15) is 13.2 Å². The van der Waals surface area contributed by atoms with Crippen LogP contribution in [0.3, 0.4) is 0 Å². The van der Waals surface area contributed by atoms with Crippen LogP contribution < -0.4 is 10.5 Å². The van der Waals surface area contributed by atoms with Gasteiger partial charge in [-0.25, -0.2) is 9.97 Å². The van der Waals surface area contributed by atoms with Crippen molar-refractivity contribution in [3.8, 4) is 0 Å². The number of thiazole rings is 1. The number of halogens is 3. The molecule has 1 N–H and O–H groups in total. The van der Waals surface area contributed by atoms with Gasteiger partial charge >= 0.3 is 6.18 Å². The van der Waals surface area contributed by atoms with E-state index in [2.05, 4.69) is 9.97 Å². The fourth-order valence-corrected chi connectivity index (χ4v) is 4.50. The van der Waals surface area contributed by atoms with E-state index in [0.717, 1.165) is 23.3 Å². The predicted octanol–water partition coefficient (Wildman–Crippen LogP) is 3.57. The van der Waals surface area contributed by atoms with E-state index < -0.39 is 17.6 Å². The first-order valence-corrected chi connectivity index (χ1v) is 9.96. The number of fused-ring (bicyclic) bond motifs is 1. The summed E-state index contributed by atoms with van der Waals surface area (Å²) in [5, 5.41) is 0.355. The maximum atomic E-state index is 12.9. The van der Waals surface area contributed by atoms with Crippen molar-refractivity contribution in [2.75, 3.05) is 11.4 Å². The Kier molecular flexibility index (Phi) is 5.12. The molecule has 1 aliphatic rings. The largest absolute Gasteiger partial charge is 0.449 e. The molecule has 10 heteroatoms. The number of nitrogens with zero attached hydrogens (tertiary/aromatic N) is 3. The second kappa shape index (κ2) is 7.58. The molecule has 2 aromatic heterocycles. The Bertz CT molecular complexity index is 1090. The summed E-state index contributed by atoms with van der Waals surface area (Å²) in [6, 6.07) is 9.29. The number of benzene rings is 1. The Balaban J connectivity index is 1.56. The molecule has 1 atom stereocenters. The van der Waals surface area contributed by atoms with Crippen molar-refractivity contribution in [1.29, 1.82) is 0 Å². The van der Waals surface area contributed by atoms with E-state index >= 15 is 0 Å². The number of Topliss-reactive ketones (excluding diaryl/α,β-unsaturated/α-hetero) is 1. The average molecular weight is 422 g/mol. The summed E-state index contributed by atoms with van der Waals surface area (Å²) >= 11 is 0.906. The number of aromatic nitrogens is 3. The molecule has 0 saturated carbocycles. The summed E-state index contributed by atoms with van der Waals surface area (Å²) in [5.74, 6) is -1.29. The molecule has 0 aliphatic carbocycles. The van der Waals surface area contributed by atoms with Crippen LogP contribution in [0.2, 0.25) is 0 Å². The van der Waals surface area contributed by atoms with Crippen LogP contribution in [0.1, 0.15) is 30.7 Å². The highest BCUT2D eigenvalue weighted by Crippen LogP contribution is 2.33. The molecule has 0 radical (unpaired) electrons. The Morgan fingerprint density at radius 3 is 2.72 bits per heavy atom. The molecular weight excluding hydrogens is 405 g/mol. The zero-order valence-electron chi connectivity index (χ0n) is 15.2. The molecule has 0 amide bonds. The van der Waals surface area contributed by atoms with Gasteiger partial charge in [0.05, 0.1) is 6.04 Å². The van der Waals surface area contributed by atoms with E-state index in [-0.39, 0.29) is 22.2 Å². The predicted molar refractivity (Wildman–Crippen MR) is 103 cm³/mol. The smallest absolute Gasteiger partial charge is 0.338 e. The molecule has 1 aromatic carbocycles. The van der Waals surface area contributed by atoms with Crippen molar-refractivity contribution in [3.05, 3.63) is 52.1 Å². The van der Waals surface area contributed by atoms with Gasteiger partial charge in [0.15, 0.2) is 21.3 Å². The van der Waals surface area contributed by atoms with Gasteiger partial charge in [-0.3, -0.25) is 9.59 Å². The zero-order valence-corrected chi connectivity index (χ0v) is 16.0. The minimum absolute atomic E-state index is 0.0588. The molecule has 4 rings (SSSR count). The first-order chi connectivity index (χ1) is 13.8. The lowest BCUT2D eigenvalue weighted by Gasteiger charge is -2.22. The van der Waals surface area contributed by atoms with E-state index in [0.29, 0.717) is 30.9 Å². The molecule has 29 heavy (non-hydrogen) atoms. The van der Waals surface area contributed by atoms with Crippen molar-refractivity contribution in [2.45, 2.75) is 37.9 Å². The van der Waals surface area contributed by atoms with Crippen molar-refractivity contribution >= 4 is 32.6 Å². The maximum Gasteiger partial charge on any atom is 0.449 e. The van der Waals surface area contributed by atoms with Gasteiger partial charge in [-0.05, 0) is 24.8 Å². The van der Waals surface area contributed by atoms with Crippen LogP contribution in [0.5, 0.6) is 0 Å². The van der Waals surface area contributed by atoms with Gasteiger partial charge in [0.2, 0.25) is 5.82 Å². The average Bonchev–Trinajstić information content (AvgIpc) is 3.33. The van der Waals surface area contributed by atoms with Gasteiger partial charge in [0.25, 0.3) is 5.56 Å². The molecule has 152 valence electrons. The number of rotatable bonds is 5. The Labute approximate surface area is 167 Å². The van der Waals surface area contributed by atoms with E-state index in [1.165, 1.54) is 0 Å². The molecule has 0 bridgehead atoms. The highest BCUT2D eigenvalue weighted by Gasteiger charge is 2.36. The van der Waals surface area contributed by atoms with Gasteiger partial charge in [0.1, 0.15) is 0 Å². The van der Waals surface area contributed by atoms with Crippen LogP contribution in [0.15, 0.2) is 35.1 Å². The second-order valence-corrected chi connectivity index (χ2v) is 7.82. The fraction of sp³-hybridized carbons (Fsp3) is 0.368. The molecule has 1 saturated heterocycles. The van der Waals surface area contributed by atoms with Crippen LogP contribution in [0.25, 0.3) is 10.3 Å². The number of ketones is 1. The summed E-state index contributed by atoms with van der Waals surface area (Å²) in [6.45, 7) is 0.561. The van der Waals surface area contributed by atoms with E-state index in [1.807, 2.05) is 30.3 Å². The highest BCUT2D eigenvalue weighted by atomic mass is 32.1. The van der Waals surface area contributed by atoms with Crippen molar-refractivity contribution in [1.82, 2.24) is 15.0 Å². The first kappa shape index (κ1) is 19.6. The number of aryl methyl sites for hydroxylation is 1. The molecule has 3 heterocycles. The van der Waals surface area contributed by atoms with Crippen LogP contribution in [0.4, 0.5) is 18.3 Å². The van der Waals surface area contributed by atoms with Crippen LogP contribution in [0, 0.1) is 0 Å². The lowest BCUT2D eigenvalue weighted by molar-refractivity contribution is -0.144. The van der Waals surface area contributed by atoms with E-state index in [9.17, 15) is 22.8 Å². The van der Waals surface area contributed by atoms with Crippen LogP contribution in [-0.2, 0) is 17.4 Å². The number of nitrogens with one attached hydrogen (secondary N) is 1. The molecule has 3 aromatic rings. The molecule has 0 unspecified atom stereocenters. The number of hydrogen-bond acceptors (Lipinski definition) is 6. The third-order valence-corrected chi connectivity index (χ3v) is 5.89. The van der Waals surface area contributed by atoms with E-state index in [4.69, 9.17) is 0 Å². The minimum Gasteiger partial charge on any atom is -0.338 e. The zero-order chi connectivity index (χ0) is 20.6. The fourth-order valence-electron chi connectivity index (χ4n) is 3.49. The lowest BCUT2D eigenvalue weighted by atomic mass is 10.0. The number of hydrogen-bond donors (Lipinski definition) is 1. The Morgan fingerprint density at radius 2 is 2.00 bits per heavy atom. The second-order valence-electron chi connectivity index (χ2n) is 6.87. The lowest BCUT2D eigenvalue weighted by Crippen LogP contribution is -2.36. The van der Waals surface area contributed by atoms with Crippen molar-refractivity contribution in [2.24, 2.45) is 0 Å². The number of carbonyl (C=O) groups excluding carboxylic acids is 1. The van der Waals surface area contributed by atoms with Crippen molar-refractivity contribution < 1.29 is 18.0 Å². The summed E-state index contributed by atoms with van der Waals surface area (Å²) in [6.07, 6.45) is -2.33. The topological polar surface area (TPSA) is 79.0 Å². The minimum atomic E-state index is -4.75. The SMILES string of the molecule is O=C(CCc1ccccc1)[C@H]1CCCN1c1nc2c(=O)[nH]c(C(F)(F)F)nc2s1. The normalized spacial score (nSPS) is 17.2. The first-order valence-electron chi connectivity index (χ1n) is 9.14. The maximum absolute atomic E-state index is 12.9. The molecular formula is C19H17F3N4O2S. The van der Waals surface area contributed by atoms with E-state index in [1.54, 1.807) is 9.88 Å². The Hall–Kier alpha value is -2.75. The number of carbonyl (C=O) groups is 1. The van der Waals surface area contributed by atoms with Gasteiger partial charge in [0, 0.05) is 13.0 Å². The number of H-pyrrole nitrogens is 1. The number of alkyl halides is 3. The summed E-state index contributed by atoms with van der Waals surface area (Å²) in [4.78, 5) is 35.9. The van der Waals surface area contributed by atoms with Gasteiger partial charge in [-0.1, -0.05) is 41.7 Å². The van der Waals surface area contributed by atoms with Gasteiger partial charge in [-0.15, -0.1) is 0 Å². The number of aromatic amines is 1. The quantitative estimate of drug-likeness (QED) is 0.680. The van der Waals surface area contributed by atoms with Crippen molar-refractivity contribution in [3.63, 3.8) is 0 Å². The summed E-state index contributed by atoms with van der Waals surface area (Å²) < 4.78 is 38.7. The summed E-state index contributed by atoms with van der Waals surface area (Å²) in [5.41, 5.74) is -0.00263. The third kappa shape index (κ3) is 4.02. The molecule has 6 nitrogen and oxygen atoms in total. The molecule has 0 spiro atoms. The monoisotopic (exact) mass is 422 g/mol. The number of anilines is 1. The van der Waals surface area contributed by atoms with Gasteiger partial charge < -0.3 is 9.88 Å². The summed E-state index contributed by atoms with van der Waals surface area (Å²) in [7, 11) is 0. The molecule has 1 fully saturated rings. The van der Waals surface area contributed by atoms with Crippen LogP contribution >= 0.6 is 11.3 Å². The molecule has 1 aliphatic heterocycles. The van der Waals surface area contributed by atoms with Crippen LogP contribution in [-0.4, -0.2) is 33.3 Å². The standard InChI is InChI=1S/C19H17F3N4O2S/c20-19(21,22)17-24-15(28)14-16(25-17)29-18(23-14)26-10-4-7-12(26)13(27)9-8-11-5-2-1-3-6-11/h1-3,5-6,12H,4,7-10H2,(H,24,25,28)/t12-/m1/s1. The highest BCUT2D eigenvalue weighted by molar-refractivity contribution is 7.21. The Morgan fingerprint density at radius 1 is 1.24 bits per heavy atom. The third-order valence-electron chi connectivity index (χ3n) is 4.90.